The average Bonchev–Trinajstić information content (AvgIpc) is 2.46. The van der Waals surface area contributed by atoms with Crippen molar-refractivity contribution >= 4 is 28.4 Å². The Labute approximate surface area is 123 Å². The van der Waals surface area contributed by atoms with Crippen LogP contribution in [0.15, 0.2) is 47.5 Å². The third kappa shape index (κ3) is 3.65. The Morgan fingerprint density at radius 2 is 2.10 bits per heavy atom. The minimum Gasteiger partial charge on any atom is -0.478 e. The Morgan fingerprint density at radius 1 is 1.30 bits per heavy atom. The Balaban J connectivity index is 2.10. The second-order valence-corrected chi connectivity index (χ2v) is 6.05. The summed E-state index contributed by atoms with van der Waals surface area (Å²) in [6.45, 7) is 0. The van der Waals surface area contributed by atoms with Gasteiger partial charge in [-0.1, -0.05) is 17.7 Å². The van der Waals surface area contributed by atoms with Crippen LogP contribution in [0.4, 0.5) is 0 Å². The molecule has 0 spiro atoms. The van der Waals surface area contributed by atoms with Gasteiger partial charge >= 0.3 is 5.97 Å². The van der Waals surface area contributed by atoms with Gasteiger partial charge in [-0.3, -0.25) is 9.19 Å². The largest absolute Gasteiger partial charge is 0.478 e. The zero-order valence-electron chi connectivity index (χ0n) is 10.5. The van der Waals surface area contributed by atoms with Crippen molar-refractivity contribution in [2.24, 2.45) is 0 Å². The van der Waals surface area contributed by atoms with Crippen LogP contribution >= 0.6 is 11.6 Å². The van der Waals surface area contributed by atoms with Crippen LogP contribution in [0.1, 0.15) is 16.1 Å². The van der Waals surface area contributed by atoms with Gasteiger partial charge in [-0.2, -0.15) is 0 Å². The van der Waals surface area contributed by atoms with E-state index in [9.17, 15) is 9.00 Å². The smallest absolute Gasteiger partial charge is 0.337 e. The molecule has 1 heterocycles. The van der Waals surface area contributed by atoms with Gasteiger partial charge in [-0.15, -0.1) is 0 Å². The molecule has 4 nitrogen and oxygen atoms in total. The lowest BCUT2D eigenvalue weighted by molar-refractivity contribution is 0.0697. The molecule has 0 fully saturated rings. The molecule has 6 heteroatoms. The highest BCUT2D eigenvalue weighted by molar-refractivity contribution is 7.85. The van der Waals surface area contributed by atoms with Crippen molar-refractivity contribution in [2.45, 2.75) is 11.3 Å². The summed E-state index contributed by atoms with van der Waals surface area (Å²) in [5.41, 5.74) is 0.823. The highest BCUT2D eigenvalue weighted by atomic mass is 35.5. The quantitative estimate of drug-likeness (QED) is 0.922. The maximum atomic E-state index is 12.2. The number of carbonyl (C=O) groups is 1. The molecule has 2 rings (SSSR count). The molecule has 2 aromatic rings. The van der Waals surface area contributed by atoms with Crippen LogP contribution in [0.2, 0.25) is 5.02 Å². The first-order chi connectivity index (χ1) is 9.58. The highest BCUT2D eigenvalue weighted by Crippen LogP contribution is 2.20. The zero-order valence-corrected chi connectivity index (χ0v) is 12.0. The van der Waals surface area contributed by atoms with E-state index in [0.717, 1.165) is 5.69 Å². The van der Waals surface area contributed by atoms with Crippen molar-refractivity contribution in [3.63, 3.8) is 0 Å². The van der Waals surface area contributed by atoms with Crippen LogP contribution in [0.3, 0.4) is 0 Å². The summed E-state index contributed by atoms with van der Waals surface area (Å²) < 4.78 is 12.2. The normalized spacial score (nSPS) is 12.1. The minimum absolute atomic E-state index is 0.0321. The molecule has 1 unspecified atom stereocenters. The summed E-state index contributed by atoms with van der Waals surface area (Å²) in [7, 11) is -1.28. The Kier molecular flexibility index (Phi) is 4.87. The number of aromatic carboxylic acids is 1. The predicted octanol–water partition coefficient (Wildman–Crippen LogP) is 2.78. The van der Waals surface area contributed by atoms with Crippen molar-refractivity contribution in [3.8, 4) is 0 Å². The van der Waals surface area contributed by atoms with Crippen LogP contribution in [-0.2, 0) is 17.2 Å². The molecular weight excluding hydrogens is 298 g/mol. The molecule has 0 saturated carbocycles. The molecule has 0 amide bonds. The fourth-order valence-corrected chi connectivity index (χ4v) is 2.97. The predicted molar refractivity (Wildman–Crippen MR) is 77.6 cm³/mol. The van der Waals surface area contributed by atoms with E-state index in [4.69, 9.17) is 16.7 Å². The van der Waals surface area contributed by atoms with E-state index in [0.29, 0.717) is 17.1 Å². The van der Waals surface area contributed by atoms with Crippen molar-refractivity contribution < 1.29 is 14.1 Å². The number of carboxylic acids is 1. The fourth-order valence-electron chi connectivity index (χ4n) is 1.67. The van der Waals surface area contributed by atoms with Crippen LogP contribution in [0, 0.1) is 0 Å². The fraction of sp³-hybridized carbons (Fsp3) is 0.143. The van der Waals surface area contributed by atoms with Gasteiger partial charge in [0.2, 0.25) is 0 Å². The van der Waals surface area contributed by atoms with E-state index in [1.165, 1.54) is 12.1 Å². The lowest BCUT2D eigenvalue weighted by atomic mass is 10.2. The van der Waals surface area contributed by atoms with Gasteiger partial charge in [0.05, 0.1) is 21.4 Å². The molecule has 0 aliphatic heterocycles. The molecule has 1 aromatic carbocycles. The number of pyridine rings is 1. The topological polar surface area (TPSA) is 67.3 Å². The first kappa shape index (κ1) is 14.7. The second-order valence-electron chi connectivity index (χ2n) is 4.07. The number of aryl methyl sites for hydroxylation is 1. The molecular formula is C14H12ClNO3S. The van der Waals surface area contributed by atoms with Gasteiger partial charge in [-0.25, -0.2) is 4.79 Å². The maximum Gasteiger partial charge on any atom is 0.337 e. The number of aromatic nitrogens is 1. The number of rotatable bonds is 5. The minimum atomic E-state index is -1.28. The Hall–Kier alpha value is -1.72. The first-order valence-electron chi connectivity index (χ1n) is 5.89. The maximum absolute atomic E-state index is 12.2. The van der Waals surface area contributed by atoms with E-state index in [-0.39, 0.29) is 10.6 Å². The standard InChI is InChI=1S/C14H12ClNO3S/c15-13-5-4-11(9-12(13)14(17)18)20(19)8-6-10-3-1-2-7-16-10/h1-5,7,9H,6,8H2,(H,17,18). The van der Waals surface area contributed by atoms with Gasteiger partial charge in [0.25, 0.3) is 0 Å². The third-order valence-corrected chi connectivity index (χ3v) is 4.39. The van der Waals surface area contributed by atoms with Crippen molar-refractivity contribution in [2.75, 3.05) is 5.75 Å². The summed E-state index contributed by atoms with van der Waals surface area (Å²) in [5.74, 6) is -0.740. The number of hydrogen-bond acceptors (Lipinski definition) is 3. The summed E-state index contributed by atoms with van der Waals surface area (Å²) in [5, 5.41) is 9.13. The number of benzene rings is 1. The number of hydrogen-bond donors (Lipinski definition) is 1. The van der Waals surface area contributed by atoms with Gasteiger partial charge in [0.15, 0.2) is 0 Å². The average molecular weight is 310 g/mol. The molecule has 1 atom stereocenters. The molecule has 0 aliphatic rings. The third-order valence-electron chi connectivity index (χ3n) is 2.70. The second kappa shape index (κ2) is 6.63. The number of carboxylic acid groups (broad SMARTS) is 1. The molecule has 0 radical (unpaired) electrons. The molecule has 0 saturated heterocycles. The monoisotopic (exact) mass is 309 g/mol. The lowest BCUT2D eigenvalue weighted by Crippen LogP contribution is -2.05. The lowest BCUT2D eigenvalue weighted by Gasteiger charge is -2.05. The summed E-state index contributed by atoms with van der Waals surface area (Å²) >= 11 is 5.78. The molecule has 1 aromatic heterocycles. The molecule has 1 N–H and O–H groups in total. The van der Waals surface area contributed by atoms with E-state index in [2.05, 4.69) is 4.98 Å². The molecule has 20 heavy (non-hydrogen) atoms. The van der Waals surface area contributed by atoms with Crippen LogP contribution < -0.4 is 0 Å². The van der Waals surface area contributed by atoms with E-state index < -0.39 is 16.8 Å². The highest BCUT2D eigenvalue weighted by Gasteiger charge is 2.12. The first-order valence-corrected chi connectivity index (χ1v) is 7.59. The van der Waals surface area contributed by atoms with Crippen molar-refractivity contribution in [1.82, 2.24) is 4.98 Å². The van der Waals surface area contributed by atoms with E-state index in [1.54, 1.807) is 12.3 Å². The summed E-state index contributed by atoms with van der Waals surface area (Å²) in [4.78, 5) is 15.6. The van der Waals surface area contributed by atoms with E-state index in [1.807, 2.05) is 18.2 Å². The van der Waals surface area contributed by atoms with Crippen LogP contribution in [0.25, 0.3) is 0 Å². The Bertz CT molecular complexity index is 646. The Morgan fingerprint density at radius 3 is 2.75 bits per heavy atom. The number of nitrogens with zero attached hydrogens (tertiary/aromatic N) is 1. The molecule has 104 valence electrons. The summed E-state index contributed by atoms with van der Waals surface area (Å²) in [6.07, 6.45) is 2.25. The van der Waals surface area contributed by atoms with Gasteiger partial charge in [0.1, 0.15) is 0 Å². The van der Waals surface area contributed by atoms with Crippen molar-refractivity contribution in [1.29, 1.82) is 0 Å². The number of halogens is 1. The molecule has 0 bridgehead atoms. The SMILES string of the molecule is O=C(O)c1cc(S(=O)CCc2ccccn2)ccc1Cl. The van der Waals surface area contributed by atoms with Gasteiger partial charge in [0, 0.05) is 29.0 Å². The van der Waals surface area contributed by atoms with E-state index >= 15 is 0 Å². The van der Waals surface area contributed by atoms with Gasteiger partial charge < -0.3 is 5.11 Å². The van der Waals surface area contributed by atoms with Crippen LogP contribution in [-0.4, -0.2) is 26.0 Å². The molecule has 0 aliphatic carbocycles. The zero-order chi connectivity index (χ0) is 14.5. The summed E-state index contributed by atoms with van der Waals surface area (Å²) in [6, 6.07) is 9.96. The van der Waals surface area contributed by atoms with Gasteiger partial charge in [-0.05, 0) is 30.3 Å². The van der Waals surface area contributed by atoms with Crippen molar-refractivity contribution in [3.05, 3.63) is 58.9 Å². The van der Waals surface area contributed by atoms with Crippen LogP contribution in [0.5, 0.6) is 0 Å².